The summed E-state index contributed by atoms with van der Waals surface area (Å²) in [6, 6.07) is 5.33. The van der Waals surface area contributed by atoms with Crippen LogP contribution < -0.4 is 20.5 Å². The van der Waals surface area contributed by atoms with E-state index < -0.39 is 10.0 Å². The molecule has 2 heterocycles. The summed E-state index contributed by atoms with van der Waals surface area (Å²) in [5.74, 6) is 0.572. The fourth-order valence-corrected chi connectivity index (χ4v) is 4.76. The summed E-state index contributed by atoms with van der Waals surface area (Å²) >= 11 is 0. The average Bonchev–Trinajstić information content (AvgIpc) is 3.05. The van der Waals surface area contributed by atoms with Gasteiger partial charge in [0.05, 0.1) is 18.8 Å². The summed E-state index contributed by atoms with van der Waals surface area (Å²) in [7, 11) is -2.20. The van der Waals surface area contributed by atoms with Crippen molar-refractivity contribution in [3.63, 3.8) is 0 Å². The lowest BCUT2D eigenvalue weighted by Gasteiger charge is -2.33. The standard InChI is InChI=1S/C18H29N3O4S/c1-20-26(22,23)16-5-2-4-15(17(16)24-11-3-8-19)14-12-18(25-13-14)6-9-21-10-7-18/h2,4-5,14,20-21H,3,6-13,19H2,1H3. The third kappa shape index (κ3) is 4.04. The van der Waals surface area contributed by atoms with Gasteiger partial charge in [0.25, 0.3) is 0 Å². The van der Waals surface area contributed by atoms with Crippen LogP contribution in [0.4, 0.5) is 0 Å². The maximum Gasteiger partial charge on any atom is 0.244 e. The summed E-state index contributed by atoms with van der Waals surface area (Å²) in [5.41, 5.74) is 6.38. The van der Waals surface area contributed by atoms with Gasteiger partial charge in [0.1, 0.15) is 10.6 Å². The Balaban J connectivity index is 1.92. The minimum Gasteiger partial charge on any atom is -0.492 e. The third-order valence-corrected chi connectivity index (χ3v) is 6.76. The molecular weight excluding hydrogens is 354 g/mol. The van der Waals surface area contributed by atoms with Crippen LogP contribution in [0.1, 0.15) is 37.2 Å². The Bertz CT molecular complexity index is 717. The van der Waals surface area contributed by atoms with Crippen LogP contribution in [0.25, 0.3) is 0 Å². The van der Waals surface area contributed by atoms with E-state index in [0.717, 1.165) is 37.9 Å². The topological polar surface area (TPSA) is 103 Å². The molecule has 1 aromatic rings. The number of nitrogens with one attached hydrogen (secondary N) is 2. The molecule has 2 aliphatic rings. The minimum atomic E-state index is -3.61. The molecule has 146 valence electrons. The van der Waals surface area contributed by atoms with E-state index in [4.69, 9.17) is 15.2 Å². The Hall–Kier alpha value is -1.19. The maximum atomic E-state index is 12.5. The molecule has 0 bridgehead atoms. The van der Waals surface area contributed by atoms with Gasteiger partial charge in [0.2, 0.25) is 10.0 Å². The van der Waals surface area contributed by atoms with Crippen LogP contribution in [0.5, 0.6) is 5.75 Å². The van der Waals surface area contributed by atoms with Gasteiger partial charge in [0.15, 0.2) is 0 Å². The van der Waals surface area contributed by atoms with Crippen molar-refractivity contribution in [3.8, 4) is 5.75 Å². The molecule has 8 heteroatoms. The van der Waals surface area contributed by atoms with Crippen molar-refractivity contribution < 1.29 is 17.9 Å². The molecule has 1 atom stereocenters. The van der Waals surface area contributed by atoms with Crippen molar-refractivity contribution >= 4 is 10.0 Å². The molecule has 0 radical (unpaired) electrons. The largest absolute Gasteiger partial charge is 0.492 e. The normalized spacial score (nSPS) is 22.6. The van der Waals surface area contributed by atoms with E-state index in [-0.39, 0.29) is 16.4 Å². The Labute approximate surface area is 155 Å². The summed E-state index contributed by atoms with van der Waals surface area (Å²) in [4.78, 5) is 0.181. The van der Waals surface area contributed by atoms with E-state index in [1.165, 1.54) is 7.05 Å². The molecule has 0 amide bonds. The summed E-state index contributed by atoms with van der Waals surface area (Å²) in [5, 5.41) is 3.37. The first kappa shape index (κ1) is 19.6. The molecule has 4 N–H and O–H groups in total. The second-order valence-electron chi connectivity index (χ2n) is 7.02. The zero-order valence-electron chi connectivity index (χ0n) is 15.3. The molecule has 1 unspecified atom stereocenters. The molecule has 1 spiro atoms. The van der Waals surface area contributed by atoms with Crippen LogP contribution >= 0.6 is 0 Å². The number of nitrogens with two attached hydrogens (primary N) is 1. The number of ether oxygens (including phenoxy) is 2. The molecule has 0 aliphatic carbocycles. The second-order valence-corrected chi connectivity index (χ2v) is 8.87. The van der Waals surface area contributed by atoms with Gasteiger partial charge in [-0.15, -0.1) is 0 Å². The second kappa shape index (κ2) is 8.22. The van der Waals surface area contributed by atoms with Gasteiger partial charge in [-0.1, -0.05) is 12.1 Å². The van der Waals surface area contributed by atoms with Crippen molar-refractivity contribution in [2.75, 3.05) is 39.9 Å². The van der Waals surface area contributed by atoms with Crippen LogP contribution in [0.2, 0.25) is 0 Å². The molecular formula is C18H29N3O4S. The van der Waals surface area contributed by atoms with Crippen LogP contribution in [0.3, 0.4) is 0 Å². The molecule has 0 aromatic heterocycles. The molecule has 2 aliphatic heterocycles. The highest BCUT2D eigenvalue weighted by Gasteiger charge is 2.42. The zero-order chi connectivity index (χ0) is 18.6. The molecule has 2 saturated heterocycles. The first-order chi connectivity index (χ1) is 12.5. The molecule has 3 rings (SSSR count). The molecule has 2 fully saturated rings. The molecule has 0 saturated carbocycles. The number of hydrogen-bond acceptors (Lipinski definition) is 6. The van der Waals surface area contributed by atoms with Crippen molar-refractivity contribution in [2.24, 2.45) is 5.73 Å². The van der Waals surface area contributed by atoms with E-state index in [2.05, 4.69) is 10.0 Å². The highest BCUT2D eigenvalue weighted by Crippen LogP contribution is 2.45. The first-order valence-corrected chi connectivity index (χ1v) is 10.7. The number of hydrogen-bond donors (Lipinski definition) is 3. The van der Waals surface area contributed by atoms with E-state index >= 15 is 0 Å². The van der Waals surface area contributed by atoms with Gasteiger partial charge in [-0.25, -0.2) is 13.1 Å². The minimum absolute atomic E-state index is 0.0949. The SMILES string of the molecule is CNS(=O)(=O)c1cccc(C2COC3(CCNCC3)C2)c1OCCCN. The van der Waals surface area contributed by atoms with Gasteiger partial charge in [-0.05, 0) is 58.4 Å². The third-order valence-electron chi connectivity index (χ3n) is 5.33. The monoisotopic (exact) mass is 383 g/mol. The number of sulfonamides is 1. The predicted octanol–water partition coefficient (Wildman–Crippen LogP) is 0.948. The Kier molecular flexibility index (Phi) is 6.19. The predicted molar refractivity (Wildman–Crippen MR) is 100.0 cm³/mol. The summed E-state index contributed by atoms with van der Waals surface area (Å²) in [6.07, 6.45) is 3.54. The summed E-state index contributed by atoms with van der Waals surface area (Å²) < 4.78 is 39.4. The fraction of sp³-hybridized carbons (Fsp3) is 0.667. The van der Waals surface area contributed by atoms with Gasteiger partial charge in [-0.2, -0.15) is 0 Å². The molecule has 1 aromatic carbocycles. The fourth-order valence-electron chi connectivity index (χ4n) is 3.86. The average molecular weight is 384 g/mol. The molecule has 7 nitrogen and oxygen atoms in total. The lowest BCUT2D eigenvalue weighted by atomic mass is 9.83. The number of benzene rings is 1. The van der Waals surface area contributed by atoms with Gasteiger partial charge < -0.3 is 20.5 Å². The van der Waals surface area contributed by atoms with Crippen molar-refractivity contribution in [1.82, 2.24) is 10.0 Å². The van der Waals surface area contributed by atoms with Crippen LogP contribution in [-0.4, -0.2) is 53.9 Å². The van der Waals surface area contributed by atoms with E-state index in [1.807, 2.05) is 6.07 Å². The van der Waals surface area contributed by atoms with Crippen LogP contribution in [0, 0.1) is 0 Å². The van der Waals surface area contributed by atoms with Crippen LogP contribution in [-0.2, 0) is 14.8 Å². The number of rotatable bonds is 7. The van der Waals surface area contributed by atoms with Gasteiger partial charge in [-0.3, -0.25) is 0 Å². The highest BCUT2D eigenvalue weighted by atomic mass is 32.2. The van der Waals surface area contributed by atoms with Gasteiger partial charge in [0, 0.05) is 11.5 Å². The highest BCUT2D eigenvalue weighted by molar-refractivity contribution is 7.89. The molecule has 26 heavy (non-hydrogen) atoms. The number of piperidine rings is 1. The first-order valence-electron chi connectivity index (χ1n) is 9.25. The smallest absolute Gasteiger partial charge is 0.244 e. The Morgan fingerprint density at radius 2 is 2.15 bits per heavy atom. The number of para-hydroxylation sites is 1. The Morgan fingerprint density at radius 1 is 1.38 bits per heavy atom. The maximum absolute atomic E-state index is 12.5. The zero-order valence-corrected chi connectivity index (χ0v) is 16.1. The van der Waals surface area contributed by atoms with Gasteiger partial charge >= 0.3 is 0 Å². The van der Waals surface area contributed by atoms with Crippen molar-refractivity contribution in [1.29, 1.82) is 0 Å². The van der Waals surface area contributed by atoms with Crippen molar-refractivity contribution in [2.45, 2.75) is 42.1 Å². The van der Waals surface area contributed by atoms with E-state index in [0.29, 0.717) is 31.9 Å². The van der Waals surface area contributed by atoms with Crippen molar-refractivity contribution in [3.05, 3.63) is 23.8 Å². The summed E-state index contributed by atoms with van der Waals surface area (Å²) in [6.45, 7) is 3.40. The quantitative estimate of drug-likeness (QED) is 0.606. The lowest BCUT2D eigenvalue weighted by molar-refractivity contribution is -0.0193. The van der Waals surface area contributed by atoms with E-state index in [9.17, 15) is 8.42 Å². The van der Waals surface area contributed by atoms with Crippen LogP contribution in [0.15, 0.2) is 23.1 Å². The Morgan fingerprint density at radius 3 is 2.85 bits per heavy atom. The lowest BCUT2D eigenvalue weighted by Crippen LogP contribution is -2.41. The van der Waals surface area contributed by atoms with E-state index in [1.54, 1.807) is 12.1 Å².